The summed E-state index contributed by atoms with van der Waals surface area (Å²) in [5.41, 5.74) is 1.66. The highest BCUT2D eigenvalue weighted by Crippen LogP contribution is 2.17. The van der Waals surface area contributed by atoms with Gasteiger partial charge in [0, 0.05) is 12.6 Å². The van der Waals surface area contributed by atoms with Gasteiger partial charge in [-0.2, -0.15) is 0 Å². The van der Waals surface area contributed by atoms with Crippen molar-refractivity contribution in [3.8, 4) is 5.88 Å². The van der Waals surface area contributed by atoms with Crippen LogP contribution in [0.15, 0.2) is 36.5 Å². The van der Waals surface area contributed by atoms with E-state index in [4.69, 9.17) is 16.3 Å². The van der Waals surface area contributed by atoms with E-state index in [1.54, 1.807) is 24.4 Å². The number of halogens is 2. The van der Waals surface area contributed by atoms with Crippen LogP contribution in [-0.4, -0.2) is 11.6 Å². The molecule has 5 heteroatoms. The molecule has 2 aromatic rings. The molecule has 1 heterocycles. The molecule has 0 saturated carbocycles. The molecule has 19 heavy (non-hydrogen) atoms. The van der Waals surface area contributed by atoms with Gasteiger partial charge < -0.3 is 10.1 Å². The summed E-state index contributed by atoms with van der Waals surface area (Å²) in [5, 5.41) is 3.28. The van der Waals surface area contributed by atoms with E-state index in [2.05, 4.69) is 10.3 Å². The summed E-state index contributed by atoms with van der Waals surface area (Å²) in [5.74, 6) is 0.177. The van der Waals surface area contributed by atoms with Crippen molar-refractivity contribution in [2.24, 2.45) is 0 Å². The van der Waals surface area contributed by atoms with Gasteiger partial charge in [0.2, 0.25) is 5.88 Å². The lowest BCUT2D eigenvalue weighted by molar-refractivity contribution is 0.327. The topological polar surface area (TPSA) is 34.1 Å². The zero-order valence-corrected chi connectivity index (χ0v) is 11.2. The Labute approximate surface area is 116 Å². The summed E-state index contributed by atoms with van der Waals surface area (Å²) in [4.78, 5) is 4.13. The van der Waals surface area contributed by atoms with Crippen LogP contribution < -0.4 is 10.1 Å². The lowest BCUT2D eigenvalue weighted by Gasteiger charge is -2.08. The fourth-order valence-electron chi connectivity index (χ4n) is 1.57. The summed E-state index contributed by atoms with van der Waals surface area (Å²) in [7, 11) is 0. The largest absolute Gasteiger partial charge is 0.478 e. The normalized spacial score (nSPS) is 10.3. The first-order chi connectivity index (χ1) is 9.19. The number of pyridine rings is 1. The maximum absolute atomic E-state index is 13.3. The van der Waals surface area contributed by atoms with Crippen molar-refractivity contribution in [3.05, 3.63) is 52.9 Å². The fraction of sp³-hybridized carbons (Fsp3) is 0.214. The summed E-state index contributed by atoms with van der Waals surface area (Å²) in [6.07, 6.45) is 1.68. The highest BCUT2D eigenvalue weighted by Gasteiger charge is 2.01. The maximum Gasteiger partial charge on any atom is 0.213 e. The molecule has 0 spiro atoms. The first-order valence-corrected chi connectivity index (χ1v) is 6.33. The van der Waals surface area contributed by atoms with E-state index in [-0.39, 0.29) is 5.02 Å². The number of nitrogens with one attached hydrogen (secondary N) is 1. The number of anilines is 1. The molecule has 0 aliphatic heterocycles. The van der Waals surface area contributed by atoms with Crippen molar-refractivity contribution >= 4 is 17.3 Å². The fourth-order valence-corrected chi connectivity index (χ4v) is 1.69. The first kappa shape index (κ1) is 13.6. The Morgan fingerprint density at radius 3 is 2.79 bits per heavy atom. The lowest BCUT2D eigenvalue weighted by atomic mass is 10.2. The van der Waals surface area contributed by atoms with E-state index < -0.39 is 5.82 Å². The molecule has 1 N–H and O–H groups in total. The average molecular weight is 281 g/mol. The molecular weight excluding hydrogens is 267 g/mol. The molecule has 100 valence electrons. The maximum atomic E-state index is 13.3. The standard InChI is InChI=1S/C14H14ClFN2O/c1-2-19-14-6-4-11(9-18-14)17-8-10-3-5-12(15)13(16)7-10/h3-7,9,17H,2,8H2,1H3. The van der Waals surface area contributed by atoms with Crippen LogP contribution in [0.2, 0.25) is 5.02 Å². The average Bonchev–Trinajstić information content (AvgIpc) is 2.42. The predicted octanol–water partition coefficient (Wildman–Crippen LogP) is 3.88. The van der Waals surface area contributed by atoms with Gasteiger partial charge in [0.25, 0.3) is 0 Å². The molecule has 0 unspecified atom stereocenters. The third-order valence-corrected chi connectivity index (χ3v) is 2.82. The SMILES string of the molecule is CCOc1ccc(NCc2ccc(Cl)c(F)c2)cn1. The van der Waals surface area contributed by atoms with Crippen molar-refractivity contribution in [2.75, 3.05) is 11.9 Å². The van der Waals surface area contributed by atoms with Crippen LogP contribution >= 0.6 is 11.6 Å². The molecule has 1 aromatic carbocycles. The van der Waals surface area contributed by atoms with Gasteiger partial charge in [0.1, 0.15) is 5.82 Å². The minimum absolute atomic E-state index is 0.131. The second kappa shape index (κ2) is 6.38. The predicted molar refractivity (Wildman–Crippen MR) is 74.1 cm³/mol. The Kier molecular flexibility index (Phi) is 4.58. The van der Waals surface area contributed by atoms with Gasteiger partial charge in [-0.15, -0.1) is 0 Å². The van der Waals surface area contributed by atoms with Crippen LogP contribution in [-0.2, 0) is 6.54 Å². The van der Waals surface area contributed by atoms with Gasteiger partial charge in [-0.25, -0.2) is 9.37 Å². The molecule has 0 saturated heterocycles. The summed E-state index contributed by atoms with van der Waals surface area (Å²) in [6.45, 7) is 3.00. The summed E-state index contributed by atoms with van der Waals surface area (Å²) < 4.78 is 18.5. The second-order valence-corrected chi connectivity index (χ2v) is 4.33. The number of ether oxygens (including phenoxy) is 1. The second-order valence-electron chi connectivity index (χ2n) is 3.92. The molecule has 0 fully saturated rings. The van der Waals surface area contributed by atoms with E-state index in [1.165, 1.54) is 6.07 Å². The third kappa shape index (κ3) is 3.83. The van der Waals surface area contributed by atoms with Gasteiger partial charge in [-0.3, -0.25) is 0 Å². The minimum atomic E-state index is -0.411. The van der Waals surface area contributed by atoms with Crippen LogP contribution in [0.5, 0.6) is 5.88 Å². The van der Waals surface area contributed by atoms with E-state index in [0.717, 1.165) is 11.3 Å². The Balaban J connectivity index is 1.96. The van der Waals surface area contributed by atoms with E-state index in [9.17, 15) is 4.39 Å². The van der Waals surface area contributed by atoms with Crippen LogP contribution in [0.1, 0.15) is 12.5 Å². The highest BCUT2D eigenvalue weighted by atomic mass is 35.5. The summed E-state index contributed by atoms with van der Waals surface area (Å²) in [6, 6.07) is 8.39. The number of aromatic nitrogens is 1. The van der Waals surface area contributed by atoms with Gasteiger partial charge in [-0.1, -0.05) is 17.7 Å². The van der Waals surface area contributed by atoms with Crippen molar-refractivity contribution in [1.82, 2.24) is 4.98 Å². The smallest absolute Gasteiger partial charge is 0.213 e. The molecule has 1 aromatic heterocycles. The number of rotatable bonds is 5. The minimum Gasteiger partial charge on any atom is -0.478 e. The molecule has 0 aliphatic carbocycles. The van der Waals surface area contributed by atoms with Crippen molar-refractivity contribution < 1.29 is 9.13 Å². The van der Waals surface area contributed by atoms with Crippen molar-refractivity contribution in [2.45, 2.75) is 13.5 Å². The van der Waals surface area contributed by atoms with Crippen molar-refractivity contribution in [3.63, 3.8) is 0 Å². The van der Waals surface area contributed by atoms with Gasteiger partial charge in [0.15, 0.2) is 0 Å². The van der Waals surface area contributed by atoms with E-state index in [1.807, 2.05) is 13.0 Å². The molecular formula is C14H14ClFN2O. The zero-order chi connectivity index (χ0) is 13.7. The number of benzene rings is 1. The van der Waals surface area contributed by atoms with Crippen LogP contribution in [0.4, 0.5) is 10.1 Å². The molecule has 2 rings (SSSR count). The van der Waals surface area contributed by atoms with Crippen LogP contribution in [0.3, 0.4) is 0 Å². The molecule has 0 atom stereocenters. The Hall–Kier alpha value is -1.81. The van der Waals surface area contributed by atoms with Crippen LogP contribution in [0.25, 0.3) is 0 Å². The third-order valence-electron chi connectivity index (χ3n) is 2.51. The molecule has 0 amide bonds. The number of hydrogen-bond donors (Lipinski definition) is 1. The molecule has 0 aliphatic rings. The van der Waals surface area contributed by atoms with Gasteiger partial charge in [0.05, 0.1) is 23.5 Å². The lowest BCUT2D eigenvalue weighted by Crippen LogP contribution is -2.01. The first-order valence-electron chi connectivity index (χ1n) is 5.95. The molecule has 0 bridgehead atoms. The zero-order valence-electron chi connectivity index (χ0n) is 10.5. The Morgan fingerprint density at radius 1 is 1.32 bits per heavy atom. The number of hydrogen-bond acceptors (Lipinski definition) is 3. The highest BCUT2D eigenvalue weighted by molar-refractivity contribution is 6.30. The van der Waals surface area contributed by atoms with Crippen molar-refractivity contribution in [1.29, 1.82) is 0 Å². The Morgan fingerprint density at radius 2 is 2.16 bits per heavy atom. The quantitative estimate of drug-likeness (QED) is 0.902. The van der Waals surface area contributed by atoms with Gasteiger partial charge in [-0.05, 0) is 30.7 Å². The Bertz CT molecular complexity index is 546. The van der Waals surface area contributed by atoms with E-state index in [0.29, 0.717) is 19.0 Å². The molecule has 3 nitrogen and oxygen atoms in total. The van der Waals surface area contributed by atoms with Gasteiger partial charge >= 0.3 is 0 Å². The van der Waals surface area contributed by atoms with Crippen LogP contribution in [0, 0.1) is 5.82 Å². The monoisotopic (exact) mass is 280 g/mol. The molecule has 0 radical (unpaired) electrons. The number of nitrogens with zero attached hydrogens (tertiary/aromatic N) is 1. The summed E-state index contributed by atoms with van der Waals surface area (Å²) >= 11 is 5.63. The van der Waals surface area contributed by atoms with E-state index >= 15 is 0 Å².